The molecular weight excluding hydrogens is 218 g/mol. The second-order valence-corrected chi connectivity index (χ2v) is 5.46. The van der Waals surface area contributed by atoms with Gasteiger partial charge in [0.05, 0.1) is 5.25 Å². The van der Waals surface area contributed by atoms with Crippen molar-refractivity contribution in [3.8, 4) is 0 Å². The van der Waals surface area contributed by atoms with Gasteiger partial charge in [-0.15, -0.1) is 0 Å². The van der Waals surface area contributed by atoms with E-state index in [2.05, 4.69) is 24.0 Å². The van der Waals surface area contributed by atoms with Crippen LogP contribution >= 0.6 is 11.8 Å². The van der Waals surface area contributed by atoms with Crippen LogP contribution in [0.5, 0.6) is 0 Å². The van der Waals surface area contributed by atoms with Crippen LogP contribution in [0.15, 0.2) is 30.3 Å². The van der Waals surface area contributed by atoms with Crippen molar-refractivity contribution in [2.45, 2.75) is 25.1 Å². The molecule has 0 aliphatic rings. The molecule has 1 aromatic carbocycles. The number of likely N-dealkylation sites (N-methyl/N-ethyl adjacent to an activating group) is 1. The van der Waals surface area contributed by atoms with Crippen LogP contribution in [-0.4, -0.2) is 30.2 Å². The Morgan fingerprint density at radius 3 is 2.25 bits per heavy atom. The molecule has 0 bridgehead atoms. The van der Waals surface area contributed by atoms with Gasteiger partial charge in [-0.1, -0.05) is 42.1 Å². The van der Waals surface area contributed by atoms with Crippen LogP contribution < -0.4 is 0 Å². The Balaban J connectivity index is 2.91. The molecule has 0 saturated carbocycles. The quantitative estimate of drug-likeness (QED) is 0.803. The number of rotatable bonds is 4. The molecule has 0 aliphatic carbocycles. The number of hydrogen-bond acceptors (Lipinski definition) is 3. The van der Waals surface area contributed by atoms with Gasteiger partial charge in [0, 0.05) is 13.0 Å². The van der Waals surface area contributed by atoms with Crippen LogP contribution in [0.4, 0.5) is 0 Å². The minimum Gasteiger partial charge on any atom is -0.305 e. The number of nitrogens with zero attached hydrogens (tertiary/aromatic N) is 1. The first-order valence-corrected chi connectivity index (χ1v) is 6.29. The van der Waals surface area contributed by atoms with Gasteiger partial charge < -0.3 is 4.90 Å². The van der Waals surface area contributed by atoms with E-state index in [4.69, 9.17) is 0 Å². The molecule has 1 aromatic rings. The van der Waals surface area contributed by atoms with E-state index in [-0.39, 0.29) is 10.4 Å². The standard InChI is InChI=1S/C13H19NOS/c1-10(14(3)4)13(16-11(2)15)12-8-6-5-7-9-12/h5-10,13H,1-4H3/t10-,13-/m1/s1. The maximum absolute atomic E-state index is 11.3. The van der Waals surface area contributed by atoms with Crippen LogP contribution in [0.1, 0.15) is 24.7 Å². The van der Waals surface area contributed by atoms with Crippen molar-refractivity contribution >= 4 is 16.9 Å². The van der Waals surface area contributed by atoms with E-state index >= 15 is 0 Å². The summed E-state index contributed by atoms with van der Waals surface area (Å²) in [4.78, 5) is 13.4. The molecule has 0 heterocycles. The van der Waals surface area contributed by atoms with E-state index < -0.39 is 0 Å². The lowest BCUT2D eigenvalue weighted by Crippen LogP contribution is -2.30. The first-order valence-electron chi connectivity index (χ1n) is 5.41. The van der Waals surface area contributed by atoms with Gasteiger partial charge in [-0.05, 0) is 26.6 Å². The molecule has 0 radical (unpaired) electrons. The summed E-state index contributed by atoms with van der Waals surface area (Å²) in [6, 6.07) is 10.5. The molecule has 1 rings (SSSR count). The third-order valence-corrected chi connectivity index (χ3v) is 3.93. The first-order chi connectivity index (χ1) is 7.52. The van der Waals surface area contributed by atoms with Crippen molar-refractivity contribution < 1.29 is 4.79 Å². The highest BCUT2D eigenvalue weighted by Gasteiger charge is 2.22. The maximum Gasteiger partial charge on any atom is 0.186 e. The molecule has 88 valence electrons. The Kier molecular flexibility index (Phi) is 5.03. The lowest BCUT2D eigenvalue weighted by Gasteiger charge is -2.28. The SMILES string of the molecule is CC(=O)S[C@@H](c1ccccc1)[C@@H](C)N(C)C. The summed E-state index contributed by atoms with van der Waals surface area (Å²) >= 11 is 1.41. The van der Waals surface area contributed by atoms with E-state index in [1.165, 1.54) is 17.3 Å². The van der Waals surface area contributed by atoms with Gasteiger partial charge >= 0.3 is 0 Å². The van der Waals surface area contributed by atoms with Gasteiger partial charge in [0.15, 0.2) is 5.12 Å². The molecule has 0 saturated heterocycles. The average Bonchev–Trinajstić information content (AvgIpc) is 2.26. The van der Waals surface area contributed by atoms with Crippen molar-refractivity contribution in [1.29, 1.82) is 0 Å². The normalized spacial score (nSPS) is 14.8. The van der Waals surface area contributed by atoms with Crippen LogP contribution in [-0.2, 0) is 4.79 Å². The Bertz CT molecular complexity index is 337. The van der Waals surface area contributed by atoms with Gasteiger partial charge in [0.2, 0.25) is 0 Å². The fourth-order valence-corrected chi connectivity index (χ4v) is 2.63. The summed E-state index contributed by atoms with van der Waals surface area (Å²) < 4.78 is 0. The Morgan fingerprint density at radius 1 is 1.25 bits per heavy atom. The molecule has 16 heavy (non-hydrogen) atoms. The molecule has 3 heteroatoms. The van der Waals surface area contributed by atoms with Crippen molar-refractivity contribution in [3.05, 3.63) is 35.9 Å². The summed E-state index contributed by atoms with van der Waals surface area (Å²) in [7, 11) is 4.09. The van der Waals surface area contributed by atoms with Gasteiger partial charge in [0.1, 0.15) is 0 Å². The van der Waals surface area contributed by atoms with Crippen LogP contribution in [0.2, 0.25) is 0 Å². The summed E-state index contributed by atoms with van der Waals surface area (Å²) in [5.74, 6) is 0. The van der Waals surface area contributed by atoms with E-state index in [1.54, 1.807) is 6.92 Å². The number of hydrogen-bond donors (Lipinski definition) is 0. The van der Waals surface area contributed by atoms with E-state index in [1.807, 2.05) is 32.3 Å². The second kappa shape index (κ2) is 6.06. The van der Waals surface area contributed by atoms with Crippen molar-refractivity contribution in [2.75, 3.05) is 14.1 Å². The minimum atomic E-state index is 0.169. The highest BCUT2D eigenvalue weighted by Crippen LogP contribution is 2.34. The number of benzene rings is 1. The number of carbonyl (C=O) groups excluding carboxylic acids is 1. The molecule has 2 nitrogen and oxygen atoms in total. The van der Waals surface area contributed by atoms with Gasteiger partial charge in [-0.2, -0.15) is 0 Å². The molecule has 0 N–H and O–H groups in total. The minimum absolute atomic E-state index is 0.169. The first kappa shape index (κ1) is 13.3. The van der Waals surface area contributed by atoms with Crippen LogP contribution in [0.25, 0.3) is 0 Å². The zero-order chi connectivity index (χ0) is 12.1. The highest BCUT2D eigenvalue weighted by molar-refractivity contribution is 8.13. The summed E-state index contributed by atoms with van der Waals surface area (Å²) in [5, 5.41) is 0.372. The number of carbonyl (C=O) groups is 1. The molecular formula is C13H19NOS. The maximum atomic E-state index is 11.3. The number of thioether (sulfide) groups is 1. The van der Waals surface area contributed by atoms with Gasteiger partial charge in [0.25, 0.3) is 0 Å². The van der Waals surface area contributed by atoms with Crippen molar-refractivity contribution in [2.24, 2.45) is 0 Å². The zero-order valence-corrected chi connectivity index (χ0v) is 11.1. The molecule has 2 atom stereocenters. The van der Waals surface area contributed by atoms with Crippen LogP contribution in [0, 0.1) is 0 Å². The summed E-state index contributed by atoms with van der Waals surface area (Å²) in [6.07, 6.45) is 0. The lowest BCUT2D eigenvalue weighted by molar-refractivity contribution is -0.109. The topological polar surface area (TPSA) is 20.3 Å². The molecule has 0 aromatic heterocycles. The fourth-order valence-electron chi connectivity index (χ4n) is 1.54. The molecule has 0 fully saturated rings. The Hall–Kier alpha value is -0.800. The highest BCUT2D eigenvalue weighted by atomic mass is 32.2. The average molecular weight is 237 g/mol. The summed E-state index contributed by atoms with van der Waals surface area (Å²) in [6.45, 7) is 3.77. The summed E-state index contributed by atoms with van der Waals surface area (Å²) in [5.41, 5.74) is 1.21. The van der Waals surface area contributed by atoms with E-state index in [0.29, 0.717) is 6.04 Å². The second-order valence-electron chi connectivity index (χ2n) is 4.14. The third kappa shape index (κ3) is 3.65. The van der Waals surface area contributed by atoms with E-state index in [9.17, 15) is 4.79 Å². The monoisotopic (exact) mass is 237 g/mol. The zero-order valence-electron chi connectivity index (χ0n) is 10.3. The van der Waals surface area contributed by atoms with Gasteiger partial charge in [-0.25, -0.2) is 0 Å². The smallest absolute Gasteiger partial charge is 0.186 e. The predicted molar refractivity (Wildman–Crippen MR) is 70.6 cm³/mol. The van der Waals surface area contributed by atoms with E-state index in [0.717, 1.165) is 0 Å². The Morgan fingerprint density at radius 2 is 1.81 bits per heavy atom. The van der Waals surface area contributed by atoms with Gasteiger partial charge in [-0.3, -0.25) is 4.79 Å². The Labute approximate surface area is 102 Å². The fraction of sp³-hybridized carbons (Fsp3) is 0.462. The molecule has 0 unspecified atom stereocenters. The van der Waals surface area contributed by atoms with Crippen molar-refractivity contribution in [3.63, 3.8) is 0 Å². The van der Waals surface area contributed by atoms with Crippen LogP contribution in [0.3, 0.4) is 0 Å². The van der Waals surface area contributed by atoms with Crippen molar-refractivity contribution in [1.82, 2.24) is 4.90 Å². The predicted octanol–water partition coefficient (Wildman–Crippen LogP) is 2.96. The molecule has 0 spiro atoms. The lowest BCUT2D eigenvalue weighted by atomic mass is 10.1. The third-order valence-electron chi connectivity index (χ3n) is 2.67. The molecule has 0 amide bonds. The largest absolute Gasteiger partial charge is 0.305 e. The molecule has 0 aliphatic heterocycles.